The first-order valence-electron chi connectivity index (χ1n) is 4.87. The summed E-state index contributed by atoms with van der Waals surface area (Å²) >= 11 is 0. The molecule has 19 heavy (non-hydrogen) atoms. The second-order valence-corrected chi connectivity index (χ2v) is 6.66. The predicted molar refractivity (Wildman–Crippen MR) is 68.0 cm³/mol. The number of nitrogens with two attached hydrogens (primary N) is 1. The van der Waals surface area contributed by atoms with Crippen molar-refractivity contribution in [1.82, 2.24) is 0 Å². The molecule has 0 radical (unpaired) electrons. The average molecular weight is 303 g/mol. The topological polar surface area (TPSA) is 135 Å². The van der Waals surface area contributed by atoms with Crippen LogP contribution in [0.1, 0.15) is 0 Å². The Hall–Kier alpha value is -1.68. The van der Waals surface area contributed by atoms with Gasteiger partial charge < -0.3 is 5.73 Å². The molecule has 2 aromatic carbocycles. The van der Waals surface area contributed by atoms with Crippen molar-refractivity contribution in [3.63, 3.8) is 0 Å². The highest BCUT2D eigenvalue weighted by Gasteiger charge is 2.18. The van der Waals surface area contributed by atoms with E-state index in [4.69, 9.17) is 14.8 Å². The first-order chi connectivity index (χ1) is 8.59. The zero-order valence-electron chi connectivity index (χ0n) is 9.31. The van der Waals surface area contributed by atoms with Gasteiger partial charge in [-0.2, -0.15) is 16.8 Å². The van der Waals surface area contributed by atoms with Gasteiger partial charge in [-0.25, -0.2) is 0 Å². The first kappa shape index (κ1) is 13.7. The van der Waals surface area contributed by atoms with Crippen molar-refractivity contribution >= 4 is 36.7 Å². The molecule has 0 aliphatic carbocycles. The summed E-state index contributed by atoms with van der Waals surface area (Å²) in [4.78, 5) is -0.998. The van der Waals surface area contributed by atoms with Crippen LogP contribution in [0.4, 0.5) is 5.69 Å². The minimum atomic E-state index is -4.57. The number of benzene rings is 2. The van der Waals surface area contributed by atoms with Crippen LogP contribution in [0.5, 0.6) is 0 Å². The largest absolute Gasteiger partial charge is 0.399 e. The van der Waals surface area contributed by atoms with Crippen LogP contribution < -0.4 is 5.73 Å². The molecule has 0 aromatic heterocycles. The summed E-state index contributed by atoms with van der Waals surface area (Å²) in [5, 5.41) is 0.270. The molecule has 0 aliphatic heterocycles. The lowest BCUT2D eigenvalue weighted by Gasteiger charge is -2.07. The van der Waals surface area contributed by atoms with Crippen molar-refractivity contribution in [2.24, 2.45) is 0 Å². The molecule has 0 spiro atoms. The fraction of sp³-hybridized carbons (Fsp3) is 0. The van der Waals surface area contributed by atoms with Crippen LogP contribution in [-0.4, -0.2) is 25.9 Å². The summed E-state index contributed by atoms with van der Waals surface area (Å²) in [7, 11) is -9.04. The van der Waals surface area contributed by atoms with Gasteiger partial charge >= 0.3 is 0 Å². The molecule has 0 bridgehead atoms. The Kier molecular flexibility index (Phi) is 3.01. The summed E-state index contributed by atoms with van der Waals surface area (Å²) in [5.41, 5.74) is 5.60. The van der Waals surface area contributed by atoms with Gasteiger partial charge in [0.05, 0.1) is 4.90 Å². The van der Waals surface area contributed by atoms with E-state index >= 15 is 0 Å². The molecule has 9 heteroatoms. The van der Waals surface area contributed by atoms with Crippen molar-refractivity contribution in [3.05, 3.63) is 30.3 Å². The van der Waals surface area contributed by atoms with E-state index in [0.29, 0.717) is 5.39 Å². The Morgan fingerprint density at radius 3 is 2.05 bits per heavy atom. The van der Waals surface area contributed by atoms with E-state index in [1.807, 2.05) is 0 Å². The SMILES string of the molecule is Nc1cc(S(=O)(=O)O)c2cc(S(=O)(=O)O)ccc2c1. The normalized spacial score (nSPS) is 12.7. The van der Waals surface area contributed by atoms with Crippen molar-refractivity contribution in [3.8, 4) is 0 Å². The Balaban J connectivity index is 2.96. The molecule has 102 valence electrons. The van der Waals surface area contributed by atoms with Gasteiger partial charge in [0, 0.05) is 11.1 Å². The van der Waals surface area contributed by atoms with Gasteiger partial charge in [0.1, 0.15) is 4.90 Å². The molecule has 2 aromatic rings. The van der Waals surface area contributed by atoms with Gasteiger partial charge in [-0.1, -0.05) is 6.07 Å². The maximum atomic E-state index is 11.2. The van der Waals surface area contributed by atoms with E-state index in [2.05, 4.69) is 0 Å². The molecule has 4 N–H and O–H groups in total. The van der Waals surface area contributed by atoms with Crippen LogP contribution in [0.15, 0.2) is 40.1 Å². The number of fused-ring (bicyclic) bond motifs is 1. The lowest BCUT2D eigenvalue weighted by Crippen LogP contribution is -2.03. The molecule has 0 unspecified atom stereocenters. The molecule has 0 fully saturated rings. The third kappa shape index (κ3) is 2.68. The van der Waals surface area contributed by atoms with Gasteiger partial charge in [-0.3, -0.25) is 9.11 Å². The average Bonchev–Trinajstić information content (AvgIpc) is 2.24. The Bertz CT molecular complexity index is 870. The number of hydrogen-bond donors (Lipinski definition) is 3. The minimum Gasteiger partial charge on any atom is -0.399 e. The Labute approximate surface area is 109 Å². The minimum absolute atomic E-state index is 0.0492. The van der Waals surface area contributed by atoms with E-state index < -0.39 is 30.0 Å². The lowest BCUT2D eigenvalue weighted by atomic mass is 10.1. The van der Waals surface area contributed by atoms with Crippen molar-refractivity contribution in [2.45, 2.75) is 9.79 Å². The van der Waals surface area contributed by atoms with Gasteiger partial charge in [-0.05, 0) is 29.7 Å². The number of hydrogen-bond acceptors (Lipinski definition) is 5. The van der Waals surface area contributed by atoms with E-state index in [0.717, 1.165) is 18.2 Å². The van der Waals surface area contributed by atoms with Gasteiger partial charge in [0.25, 0.3) is 20.2 Å². The van der Waals surface area contributed by atoms with Crippen LogP contribution in [0.2, 0.25) is 0 Å². The third-order valence-corrected chi connectivity index (χ3v) is 4.23. The zero-order valence-corrected chi connectivity index (χ0v) is 10.9. The fourth-order valence-corrected chi connectivity index (χ4v) is 2.95. The first-order valence-corrected chi connectivity index (χ1v) is 7.75. The summed E-state index contributed by atoms with van der Waals surface area (Å²) < 4.78 is 62.6. The molecule has 0 atom stereocenters. The second-order valence-electron chi connectivity index (χ2n) is 3.85. The van der Waals surface area contributed by atoms with Crippen molar-refractivity contribution < 1.29 is 25.9 Å². The lowest BCUT2D eigenvalue weighted by molar-refractivity contribution is 0.480. The van der Waals surface area contributed by atoms with Crippen LogP contribution in [0, 0.1) is 0 Å². The monoisotopic (exact) mass is 303 g/mol. The Morgan fingerprint density at radius 1 is 0.895 bits per heavy atom. The van der Waals surface area contributed by atoms with Crippen LogP contribution in [0.3, 0.4) is 0 Å². The smallest absolute Gasteiger partial charge is 0.295 e. The molecule has 0 heterocycles. The molecule has 0 saturated heterocycles. The van der Waals surface area contributed by atoms with E-state index in [-0.39, 0.29) is 11.1 Å². The predicted octanol–water partition coefficient (Wildman–Crippen LogP) is 0.915. The van der Waals surface area contributed by atoms with E-state index in [9.17, 15) is 16.8 Å². The highest BCUT2D eigenvalue weighted by molar-refractivity contribution is 7.86. The number of rotatable bonds is 2. The summed E-state index contributed by atoms with van der Waals surface area (Å²) in [5.74, 6) is 0. The van der Waals surface area contributed by atoms with Gasteiger partial charge in [-0.15, -0.1) is 0 Å². The summed E-state index contributed by atoms with van der Waals surface area (Å²) in [6.07, 6.45) is 0. The molecular formula is C10H9NO6S2. The van der Waals surface area contributed by atoms with Crippen LogP contribution in [-0.2, 0) is 20.2 Å². The third-order valence-electron chi connectivity index (χ3n) is 2.49. The Morgan fingerprint density at radius 2 is 1.53 bits per heavy atom. The molecule has 2 rings (SSSR count). The molecule has 0 amide bonds. The van der Waals surface area contributed by atoms with Crippen molar-refractivity contribution in [2.75, 3.05) is 5.73 Å². The quantitative estimate of drug-likeness (QED) is 0.554. The standard InChI is InChI=1S/C10H9NO6S2/c11-7-3-6-1-2-8(18(12,13)14)5-9(6)10(4-7)19(15,16)17/h1-5H,11H2,(H,12,13,14)(H,15,16,17). The van der Waals surface area contributed by atoms with Gasteiger partial charge in [0.2, 0.25) is 0 Å². The number of anilines is 1. The maximum Gasteiger partial charge on any atom is 0.295 e. The van der Waals surface area contributed by atoms with Crippen molar-refractivity contribution in [1.29, 1.82) is 0 Å². The maximum absolute atomic E-state index is 11.2. The van der Waals surface area contributed by atoms with Crippen LogP contribution in [0.25, 0.3) is 10.8 Å². The molecule has 7 nitrogen and oxygen atoms in total. The second kappa shape index (κ2) is 4.17. The molecule has 0 saturated carbocycles. The van der Waals surface area contributed by atoms with E-state index in [1.165, 1.54) is 12.1 Å². The molecule has 0 aliphatic rings. The van der Waals surface area contributed by atoms with Gasteiger partial charge in [0.15, 0.2) is 0 Å². The summed E-state index contributed by atoms with van der Waals surface area (Å²) in [6, 6.07) is 5.75. The highest BCUT2D eigenvalue weighted by atomic mass is 32.2. The van der Waals surface area contributed by atoms with Crippen LogP contribution >= 0.6 is 0 Å². The summed E-state index contributed by atoms with van der Waals surface area (Å²) in [6.45, 7) is 0. The zero-order chi connectivity index (χ0) is 14.4. The highest BCUT2D eigenvalue weighted by Crippen LogP contribution is 2.28. The fourth-order valence-electron chi connectivity index (χ4n) is 1.70. The molecular weight excluding hydrogens is 294 g/mol. The number of nitrogen functional groups attached to an aromatic ring is 1. The van der Waals surface area contributed by atoms with E-state index in [1.54, 1.807) is 0 Å².